The maximum Gasteiger partial charge on any atom is 0.338 e. The van der Waals surface area contributed by atoms with E-state index >= 15 is 0 Å². The number of Topliss-reactive ketones (excluding diaryl/α,β-unsaturated/α-hetero) is 2. The van der Waals surface area contributed by atoms with Gasteiger partial charge in [0.15, 0.2) is 11.6 Å². The molecule has 0 aromatic heterocycles. The third-order valence-electron chi connectivity index (χ3n) is 3.47. The first-order valence-corrected chi connectivity index (χ1v) is 7.99. The van der Waals surface area contributed by atoms with Gasteiger partial charge in [-0.25, -0.2) is 14.4 Å². The second kappa shape index (κ2) is 9.42. The lowest BCUT2D eigenvalue weighted by Gasteiger charge is -2.12. The van der Waals surface area contributed by atoms with Crippen molar-refractivity contribution in [1.29, 1.82) is 0 Å². The Bertz CT molecular complexity index is 819. The molecule has 0 heterocycles. The highest BCUT2D eigenvalue weighted by Gasteiger charge is 2.23. The molecule has 1 aromatic carbocycles. The molecule has 0 fully saturated rings. The number of carboxylic acids is 1. The fourth-order valence-corrected chi connectivity index (χ4v) is 2.12. The van der Waals surface area contributed by atoms with Crippen molar-refractivity contribution in [3.63, 3.8) is 0 Å². The highest BCUT2D eigenvalue weighted by molar-refractivity contribution is 6.12. The minimum absolute atomic E-state index is 0.00911. The van der Waals surface area contributed by atoms with E-state index in [0.717, 1.165) is 19.1 Å². The monoisotopic (exact) mass is 376 g/mol. The van der Waals surface area contributed by atoms with Gasteiger partial charge in [0.25, 0.3) is 0 Å². The number of aromatic carboxylic acids is 1. The predicted molar refractivity (Wildman–Crippen MR) is 94.1 cm³/mol. The van der Waals surface area contributed by atoms with Gasteiger partial charge in [0, 0.05) is 23.1 Å². The molecule has 8 nitrogen and oxygen atoms in total. The van der Waals surface area contributed by atoms with E-state index in [1.165, 1.54) is 13.8 Å². The SMILES string of the molecule is C=C(C)C(=O)OCCCOC(=O)c1cc(C(C)=O)c(C(=O)O)cc1C(C)=O. The molecule has 1 N–H and O–H groups in total. The first kappa shape index (κ1) is 21.8. The van der Waals surface area contributed by atoms with E-state index in [-0.39, 0.29) is 47.5 Å². The molecule has 0 spiro atoms. The summed E-state index contributed by atoms with van der Waals surface area (Å²) in [6.07, 6.45) is 0.215. The zero-order valence-electron chi connectivity index (χ0n) is 15.3. The van der Waals surface area contributed by atoms with Gasteiger partial charge >= 0.3 is 17.9 Å². The molecule has 144 valence electrons. The van der Waals surface area contributed by atoms with Crippen LogP contribution in [-0.4, -0.2) is 47.8 Å². The maximum atomic E-state index is 12.3. The normalized spacial score (nSPS) is 10.0. The Labute approximate surface area is 155 Å². The van der Waals surface area contributed by atoms with Crippen LogP contribution in [0.25, 0.3) is 0 Å². The van der Waals surface area contributed by atoms with Gasteiger partial charge in [-0.2, -0.15) is 0 Å². The molecule has 1 aromatic rings. The number of carbonyl (C=O) groups excluding carboxylic acids is 4. The van der Waals surface area contributed by atoms with E-state index in [2.05, 4.69) is 6.58 Å². The van der Waals surface area contributed by atoms with Gasteiger partial charge in [0.05, 0.1) is 24.3 Å². The molecule has 0 amide bonds. The number of carboxylic acid groups (broad SMARTS) is 1. The largest absolute Gasteiger partial charge is 0.478 e. The quantitative estimate of drug-likeness (QED) is 0.302. The van der Waals surface area contributed by atoms with Crippen LogP contribution < -0.4 is 0 Å². The number of esters is 2. The van der Waals surface area contributed by atoms with Crippen LogP contribution in [0.15, 0.2) is 24.3 Å². The minimum atomic E-state index is -1.39. The number of ether oxygens (including phenoxy) is 2. The summed E-state index contributed by atoms with van der Waals surface area (Å²) in [6.45, 7) is 7.16. The second-order valence-corrected chi connectivity index (χ2v) is 5.77. The van der Waals surface area contributed by atoms with Crippen LogP contribution in [0.4, 0.5) is 0 Å². The Kier molecular flexibility index (Phi) is 7.59. The average molecular weight is 376 g/mol. The van der Waals surface area contributed by atoms with Crippen molar-refractivity contribution < 1.29 is 38.6 Å². The molecule has 0 aliphatic heterocycles. The Morgan fingerprint density at radius 3 is 1.81 bits per heavy atom. The molecule has 0 saturated carbocycles. The number of benzene rings is 1. The smallest absolute Gasteiger partial charge is 0.338 e. The van der Waals surface area contributed by atoms with Crippen LogP contribution in [-0.2, 0) is 14.3 Å². The zero-order valence-corrected chi connectivity index (χ0v) is 15.3. The first-order valence-electron chi connectivity index (χ1n) is 7.99. The molecule has 0 saturated heterocycles. The van der Waals surface area contributed by atoms with Gasteiger partial charge in [-0.1, -0.05) is 6.58 Å². The molecule has 1 rings (SSSR count). The topological polar surface area (TPSA) is 124 Å². The summed E-state index contributed by atoms with van der Waals surface area (Å²) < 4.78 is 9.88. The Morgan fingerprint density at radius 1 is 0.852 bits per heavy atom. The van der Waals surface area contributed by atoms with Gasteiger partial charge < -0.3 is 14.6 Å². The second-order valence-electron chi connectivity index (χ2n) is 5.77. The lowest BCUT2D eigenvalue weighted by molar-refractivity contribution is -0.139. The lowest BCUT2D eigenvalue weighted by atomic mass is 9.94. The molecule has 0 atom stereocenters. The predicted octanol–water partition coefficient (Wildman–Crippen LogP) is 2.46. The van der Waals surface area contributed by atoms with E-state index in [1.807, 2.05) is 0 Å². The lowest BCUT2D eigenvalue weighted by Crippen LogP contribution is -2.17. The number of rotatable bonds is 9. The molecule has 0 aliphatic carbocycles. The van der Waals surface area contributed by atoms with Gasteiger partial charge in [0.1, 0.15) is 0 Å². The number of ketones is 2. The van der Waals surface area contributed by atoms with Gasteiger partial charge in [0.2, 0.25) is 0 Å². The maximum absolute atomic E-state index is 12.3. The molecule has 0 aliphatic rings. The highest BCUT2D eigenvalue weighted by Crippen LogP contribution is 2.20. The van der Waals surface area contributed by atoms with Crippen LogP contribution in [0.3, 0.4) is 0 Å². The molecule has 8 heteroatoms. The molecule has 27 heavy (non-hydrogen) atoms. The average Bonchev–Trinajstić information content (AvgIpc) is 2.59. The van der Waals surface area contributed by atoms with Gasteiger partial charge in [-0.05, 0) is 32.9 Å². The van der Waals surface area contributed by atoms with E-state index in [4.69, 9.17) is 9.47 Å². The fraction of sp³-hybridized carbons (Fsp3) is 0.316. The molecule has 0 unspecified atom stereocenters. The van der Waals surface area contributed by atoms with E-state index in [0.29, 0.717) is 0 Å². The van der Waals surface area contributed by atoms with Crippen molar-refractivity contribution in [3.05, 3.63) is 46.5 Å². The van der Waals surface area contributed by atoms with Crippen LogP contribution in [0.5, 0.6) is 0 Å². The van der Waals surface area contributed by atoms with Crippen LogP contribution in [0.1, 0.15) is 68.6 Å². The number of carbonyl (C=O) groups is 5. The van der Waals surface area contributed by atoms with Crippen LogP contribution in [0.2, 0.25) is 0 Å². The molecular formula is C19H20O8. The summed E-state index contributed by atoms with van der Waals surface area (Å²) >= 11 is 0. The highest BCUT2D eigenvalue weighted by atomic mass is 16.5. The summed E-state index contributed by atoms with van der Waals surface area (Å²) in [6, 6.07) is 2.04. The Morgan fingerprint density at radius 2 is 1.33 bits per heavy atom. The third-order valence-corrected chi connectivity index (χ3v) is 3.47. The van der Waals surface area contributed by atoms with Crippen LogP contribution in [0, 0.1) is 0 Å². The van der Waals surface area contributed by atoms with Gasteiger partial charge in [-0.15, -0.1) is 0 Å². The summed E-state index contributed by atoms with van der Waals surface area (Å²) in [5, 5.41) is 9.21. The first-order chi connectivity index (χ1) is 12.6. The number of hydrogen-bond acceptors (Lipinski definition) is 7. The van der Waals surface area contributed by atoms with Crippen molar-refractivity contribution in [2.75, 3.05) is 13.2 Å². The summed E-state index contributed by atoms with van der Waals surface area (Å²) in [5.41, 5.74) is -0.674. The third kappa shape index (κ3) is 5.88. The Balaban J connectivity index is 2.95. The van der Waals surface area contributed by atoms with E-state index < -0.39 is 29.5 Å². The fourth-order valence-electron chi connectivity index (χ4n) is 2.12. The Hall–Kier alpha value is -3.29. The molecule has 0 radical (unpaired) electrons. The van der Waals surface area contributed by atoms with Crippen molar-refractivity contribution in [2.45, 2.75) is 27.2 Å². The van der Waals surface area contributed by atoms with Crippen molar-refractivity contribution in [3.8, 4) is 0 Å². The van der Waals surface area contributed by atoms with Crippen molar-refractivity contribution in [1.82, 2.24) is 0 Å². The zero-order chi connectivity index (χ0) is 20.7. The summed E-state index contributed by atoms with van der Waals surface area (Å²) in [5.74, 6) is -3.94. The standard InChI is InChI=1S/C19H20O8/c1-10(2)18(24)26-6-5-7-27-19(25)16-9-13(11(3)20)15(17(22)23)8-14(16)12(4)21/h8-9H,1,5-7H2,2-4H3,(H,22,23). The van der Waals surface area contributed by atoms with Gasteiger partial charge in [-0.3, -0.25) is 9.59 Å². The molecular weight excluding hydrogens is 356 g/mol. The van der Waals surface area contributed by atoms with Crippen molar-refractivity contribution >= 4 is 29.5 Å². The molecule has 0 bridgehead atoms. The summed E-state index contributed by atoms with van der Waals surface area (Å²) in [7, 11) is 0. The van der Waals surface area contributed by atoms with Crippen LogP contribution >= 0.6 is 0 Å². The number of hydrogen-bond donors (Lipinski definition) is 1. The minimum Gasteiger partial charge on any atom is -0.478 e. The van der Waals surface area contributed by atoms with E-state index in [9.17, 15) is 29.1 Å². The van der Waals surface area contributed by atoms with E-state index in [1.54, 1.807) is 0 Å². The van der Waals surface area contributed by atoms with Crippen molar-refractivity contribution in [2.24, 2.45) is 0 Å². The summed E-state index contributed by atoms with van der Waals surface area (Å²) in [4.78, 5) is 58.3.